The maximum absolute atomic E-state index is 12.3. The van der Waals surface area contributed by atoms with Crippen LogP contribution in [0.25, 0.3) is 10.8 Å². The lowest BCUT2D eigenvalue weighted by Crippen LogP contribution is -2.25. The van der Waals surface area contributed by atoms with Crippen LogP contribution in [0.5, 0.6) is 11.6 Å². The summed E-state index contributed by atoms with van der Waals surface area (Å²) in [5, 5.41) is 15.8. The Kier molecular flexibility index (Phi) is 8.42. The summed E-state index contributed by atoms with van der Waals surface area (Å²) in [5.41, 5.74) is 5.75. The first-order valence-electron chi connectivity index (χ1n) is 11.6. The summed E-state index contributed by atoms with van der Waals surface area (Å²) in [4.78, 5) is 16.5. The van der Waals surface area contributed by atoms with Crippen molar-refractivity contribution >= 4 is 22.9 Å². The number of nitrogens with zero attached hydrogens (tertiary/aromatic N) is 3. The summed E-state index contributed by atoms with van der Waals surface area (Å²) in [6.45, 7) is 2.05. The van der Waals surface area contributed by atoms with Gasteiger partial charge in [-0.25, -0.2) is 10.4 Å². The number of methoxy groups -OCH3 is 1. The van der Waals surface area contributed by atoms with E-state index in [0.29, 0.717) is 29.2 Å². The molecule has 8 nitrogen and oxygen atoms in total. The summed E-state index contributed by atoms with van der Waals surface area (Å²) < 4.78 is 16.7. The number of aromatic nitrogens is 1. The van der Waals surface area contributed by atoms with E-state index in [2.05, 4.69) is 39.8 Å². The molecule has 1 aromatic heterocycles. The molecule has 3 aromatic carbocycles. The topological polar surface area (TPSA) is 106 Å². The Labute approximate surface area is 215 Å². The molecular formula is C29H26N4O4. The molecule has 0 atom stereocenters. The van der Waals surface area contributed by atoms with Gasteiger partial charge in [0.15, 0.2) is 6.61 Å². The number of hydrogen-bond donors (Lipinski definition) is 1. The first-order chi connectivity index (χ1) is 18.1. The van der Waals surface area contributed by atoms with Gasteiger partial charge in [0.05, 0.1) is 12.8 Å². The SMILES string of the molecule is COCc1cc(C)nc(OCC(=O)N/N=C\c2ccccc2OCc2cccc3ccccc23)c1C#N. The Bertz CT molecular complexity index is 1470. The fourth-order valence-corrected chi connectivity index (χ4v) is 3.84. The van der Waals surface area contributed by atoms with Crippen LogP contribution in [-0.2, 0) is 22.7 Å². The van der Waals surface area contributed by atoms with Crippen LogP contribution in [0, 0.1) is 18.3 Å². The number of fused-ring (bicyclic) bond motifs is 1. The normalized spacial score (nSPS) is 10.8. The Morgan fingerprint density at radius 2 is 1.81 bits per heavy atom. The third-order valence-corrected chi connectivity index (χ3v) is 5.52. The first kappa shape index (κ1) is 25.4. The quantitative estimate of drug-likeness (QED) is 0.254. The van der Waals surface area contributed by atoms with Crippen molar-refractivity contribution in [3.8, 4) is 17.7 Å². The zero-order valence-electron chi connectivity index (χ0n) is 20.6. The zero-order chi connectivity index (χ0) is 26.0. The minimum absolute atomic E-state index is 0.0841. The van der Waals surface area contributed by atoms with E-state index in [9.17, 15) is 10.1 Å². The van der Waals surface area contributed by atoms with Crippen molar-refractivity contribution in [2.75, 3.05) is 13.7 Å². The first-order valence-corrected chi connectivity index (χ1v) is 11.6. The molecule has 0 aliphatic carbocycles. The lowest BCUT2D eigenvalue weighted by Gasteiger charge is -2.11. The van der Waals surface area contributed by atoms with Crippen LogP contribution in [0.4, 0.5) is 0 Å². The standard InChI is InChI=1S/C29H26N4O4/c1-20-14-24(17-35-2)26(15-30)29(32-20)37-19-28(34)33-31-16-22-9-4-6-13-27(22)36-18-23-11-7-10-21-8-3-5-12-25(21)23/h3-14,16H,17-19H2,1-2H3,(H,33,34)/b31-16-. The highest BCUT2D eigenvalue weighted by Gasteiger charge is 2.14. The van der Waals surface area contributed by atoms with Gasteiger partial charge >= 0.3 is 0 Å². The fraction of sp³-hybridized carbons (Fsp3) is 0.172. The molecule has 4 rings (SSSR count). The molecule has 0 fully saturated rings. The molecule has 1 N–H and O–H groups in total. The minimum Gasteiger partial charge on any atom is -0.488 e. The maximum Gasteiger partial charge on any atom is 0.278 e. The Balaban J connectivity index is 1.37. The van der Waals surface area contributed by atoms with Crippen molar-refractivity contribution < 1.29 is 19.0 Å². The number of ether oxygens (including phenoxy) is 3. The average Bonchev–Trinajstić information content (AvgIpc) is 2.91. The maximum atomic E-state index is 12.3. The molecule has 0 spiro atoms. The Hall–Kier alpha value is -4.74. The molecule has 8 heteroatoms. The van der Waals surface area contributed by atoms with Crippen molar-refractivity contribution in [1.82, 2.24) is 10.4 Å². The van der Waals surface area contributed by atoms with E-state index in [1.807, 2.05) is 48.5 Å². The molecule has 37 heavy (non-hydrogen) atoms. The predicted molar refractivity (Wildman–Crippen MR) is 140 cm³/mol. The van der Waals surface area contributed by atoms with Crippen LogP contribution in [-0.4, -0.2) is 30.8 Å². The lowest BCUT2D eigenvalue weighted by molar-refractivity contribution is -0.123. The highest BCUT2D eigenvalue weighted by molar-refractivity contribution is 5.86. The van der Waals surface area contributed by atoms with E-state index in [-0.39, 0.29) is 24.7 Å². The molecule has 1 heterocycles. The van der Waals surface area contributed by atoms with Gasteiger partial charge in [0.1, 0.15) is 24.0 Å². The second-order valence-corrected chi connectivity index (χ2v) is 8.19. The lowest BCUT2D eigenvalue weighted by atomic mass is 10.1. The van der Waals surface area contributed by atoms with Gasteiger partial charge in [-0.1, -0.05) is 54.6 Å². The van der Waals surface area contributed by atoms with E-state index in [1.54, 1.807) is 13.0 Å². The highest BCUT2D eigenvalue weighted by Crippen LogP contribution is 2.23. The second kappa shape index (κ2) is 12.3. The van der Waals surface area contributed by atoms with Crippen molar-refractivity contribution in [2.24, 2.45) is 5.10 Å². The Morgan fingerprint density at radius 1 is 1.03 bits per heavy atom. The molecule has 4 aromatic rings. The number of carbonyl (C=O) groups is 1. The number of rotatable bonds is 10. The highest BCUT2D eigenvalue weighted by atomic mass is 16.5. The number of hydrazone groups is 1. The molecule has 0 aliphatic rings. The molecular weight excluding hydrogens is 468 g/mol. The molecule has 0 unspecified atom stereocenters. The van der Waals surface area contributed by atoms with Gasteiger partial charge in [-0.3, -0.25) is 4.79 Å². The van der Waals surface area contributed by atoms with Crippen LogP contribution in [0.2, 0.25) is 0 Å². The molecule has 1 amide bonds. The summed E-state index contributed by atoms with van der Waals surface area (Å²) in [5.74, 6) is 0.227. The predicted octanol–water partition coefficient (Wildman–Crippen LogP) is 4.67. The third kappa shape index (κ3) is 6.48. The summed E-state index contributed by atoms with van der Waals surface area (Å²) in [6.07, 6.45) is 1.51. The molecule has 0 radical (unpaired) electrons. The number of amides is 1. The summed E-state index contributed by atoms with van der Waals surface area (Å²) >= 11 is 0. The van der Waals surface area contributed by atoms with Gasteiger partial charge in [0.25, 0.3) is 5.91 Å². The number of nitriles is 1. The van der Waals surface area contributed by atoms with Crippen LogP contribution >= 0.6 is 0 Å². The van der Waals surface area contributed by atoms with E-state index >= 15 is 0 Å². The van der Waals surface area contributed by atoms with Crippen LogP contribution in [0.15, 0.2) is 77.9 Å². The number of hydrogen-bond acceptors (Lipinski definition) is 7. The van der Waals surface area contributed by atoms with Crippen molar-refractivity contribution in [3.63, 3.8) is 0 Å². The Morgan fingerprint density at radius 3 is 2.65 bits per heavy atom. The van der Waals surface area contributed by atoms with Crippen LogP contribution < -0.4 is 14.9 Å². The van der Waals surface area contributed by atoms with Gasteiger partial charge in [-0.05, 0) is 41.5 Å². The number of carbonyl (C=O) groups excluding carboxylic acids is 1. The van der Waals surface area contributed by atoms with Crippen molar-refractivity contribution in [1.29, 1.82) is 5.26 Å². The number of pyridine rings is 1. The minimum atomic E-state index is -0.495. The van der Waals surface area contributed by atoms with Crippen LogP contribution in [0.3, 0.4) is 0 Å². The van der Waals surface area contributed by atoms with E-state index in [0.717, 1.165) is 16.3 Å². The summed E-state index contributed by atoms with van der Waals surface area (Å²) in [7, 11) is 1.54. The third-order valence-electron chi connectivity index (χ3n) is 5.52. The van der Waals surface area contributed by atoms with Gasteiger partial charge in [-0.2, -0.15) is 10.4 Å². The van der Waals surface area contributed by atoms with Gasteiger partial charge in [0, 0.05) is 23.9 Å². The molecule has 186 valence electrons. The average molecular weight is 495 g/mol. The van der Waals surface area contributed by atoms with Gasteiger partial charge < -0.3 is 14.2 Å². The van der Waals surface area contributed by atoms with Gasteiger partial charge in [-0.15, -0.1) is 0 Å². The second-order valence-electron chi connectivity index (χ2n) is 8.19. The molecule has 0 bridgehead atoms. The summed E-state index contributed by atoms with van der Waals surface area (Å²) in [6, 6.07) is 25.5. The van der Waals surface area contributed by atoms with Crippen molar-refractivity contribution in [2.45, 2.75) is 20.1 Å². The monoisotopic (exact) mass is 494 g/mol. The van der Waals surface area contributed by atoms with E-state index in [1.165, 1.54) is 13.3 Å². The van der Waals surface area contributed by atoms with E-state index < -0.39 is 5.91 Å². The fourth-order valence-electron chi connectivity index (χ4n) is 3.84. The largest absolute Gasteiger partial charge is 0.488 e. The molecule has 0 saturated carbocycles. The molecule has 0 aliphatic heterocycles. The number of benzene rings is 3. The van der Waals surface area contributed by atoms with E-state index in [4.69, 9.17) is 14.2 Å². The number of aryl methyl sites for hydroxylation is 1. The number of nitrogens with one attached hydrogen (secondary N) is 1. The van der Waals surface area contributed by atoms with Crippen molar-refractivity contribution in [3.05, 3.63) is 101 Å². The number of para-hydroxylation sites is 1. The zero-order valence-corrected chi connectivity index (χ0v) is 20.6. The van der Waals surface area contributed by atoms with Crippen LogP contribution in [0.1, 0.15) is 27.9 Å². The molecule has 0 saturated heterocycles. The van der Waals surface area contributed by atoms with Gasteiger partial charge in [0.2, 0.25) is 5.88 Å². The smallest absolute Gasteiger partial charge is 0.278 e.